The van der Waals surface area contributed by atoms with Crippen LogP contribution in [0.15, 0.2) is 22.7 Å². The van der Waals surface area contributed by atoms with Crippen LogP contribution in [0.3, 0.4) is 0 Å². The molecule has 0 saturated carbocycles. The summed E-state index contributed by atoms with van der Waals surface area (Å²) in [7, 11) is 0. The molecule has 0 radical (unpaired) electrons. The molecular weight excluding hydrogens is 344 g/mol. The minimum atomic E-state index is -0.538. The molecule has 1 amide bonds. The Morgan fingerprint density at radius 3 is 2.65 bits per heavy atom. The summed E-state index contributed by atoms with van der Waals surface area (Å²) in [6.07, 6.45) is -0.538. The Hall–Kier alpha value is -0.780. The zero-order valence-corrected chi connectivity index (χ0v) is 14.4. The normalized spacial score (nSPS) is 13.1. The lowest BCUT2D eigenvalue weighted by Crippen LogP contribution is -2.39. The van der Waals surface area contributed by atoms with Crippen molar-refractivity contribution < 1.29 is 9.53 Å². The van der Waals surface area contributed by atoms with Gasteiger partial charge in [-0.15, -0.1) is 12.4 Å². The fourth-order valence-corrected chi connectivity index (χ4v) is 2.03. The Kier molecular flexibility index (Phi) is 8.85. The number of nitrogens with two attached hydrogens (primary N) is 1. The minimum Gasteiger partial charge on any atom is -0.480 e. The zero-order valence-electron chi connectivity index (χ0n) is 12.0. The molecule has 4 nitrogen and oxygen atoms in total. The van der Waals surface area contributed by atoms with Crippen LogP contribution >= 0.6 is 28.3 Å². The van der Waals surface area contributed by atoms with E-state index in [0.29, 0.717) is 18.8 Å². The first-order valence-electron chi connectivity index (χ1n) is 6.34. The van der Waals surface area contributed by atoms with Crippen LogP contribution in [0.1, 0.15) is 19.4 Å². The molecule has 1 aromatic carbocycles. The largest absolute Gasteiger partial charge is 0.480 e. The second-order valence-electron chi connectivity index (χ2n) is 4.78. The molecule has 6 heteroatoms. The van der Waals surface area contributed by atoms with Gasteiger partial charge in [0.05, 0.1) is 4.47 Å². The van der Waals surface area contributed by atoms with Gasteiger partial charge in [0.2, 0.25) is 0 Å². The monoisotopic (exact) mass is 364 g/mol. The summed E-state index contributed by atoms with van der Waals surface area (Å²) in [6.45, 7) is 6.84. The molecule has 0 aliphatic heterocycles. The van der Waals surface area contributed by atoms with Crippen molar-refractivity contribution in [2.45, 2.75) is 26.9 Å². The van der Waals surface area contributed by atoms with Gasteiger partial charge in [0.1, 0.15) is 5.75 Å². The number of aryl methyl sites for hydroxylation is 1. The van der Waals surface area contributed by atoms with Crippen LogP contribution in [0.2, 0.25) is 0 Å². The highest BCUT2D eigenvalue weighted by atomic mass is 79.9. The number of halogens is 2. The van der Waals surface area contributed by atoms with Gasteiger partial charge in [-0.05, 0) is 59.9 Å². The van der Waals surface area contributed by atoms with E-state index in [1.54, 1.807) is 6.92 Å². The number of benzene rings is 1. The van der Waals surface area contributed by atoms with E-state index in [4.69, 9.17) is 10.5 Å². The molecule has 1 rings (SSSR count). The molecule has 0 aliphatic carbocycles. The van der Waals surface area contributed by atoms with Crippen molar-refractivity contribution in [3.8, 4) is 5.75 Å². The first kappa shape index (κ1) is 19.2. The lowest BCUT2D eigenvalue weighted by atomic mass is 10.2. The number of ether oxygens (including phenoxy) is 1. The van der Waals surface area contributed by atoms with Crippen molar-refractivity contribution in [2.24, 2.45) is 11.7 Å². The standard InChI is InChI=1S/C14H21BrN2O2.ClH/c1-9-4-5-13(12(15)6-9)19-11(3)14(18)17-8-10(2)7-16;/h4-6,10-11H,7-8,16H2,1-3H3,(H,17,18);1H. The Labute approximate surface area is 135 Å². The quantitative estimate of drug-likeness (QED) is 0.814. The molecule has 2 atom stereocenters. The van der Waals surface area contributed by atoms with E-state index in [1.807, 2.05) is 32.0 Å². The molecule has 114 valence electrons. The van der Waals surface area contributed by atoms with Crippen LogP contribution in [-0.4, -0.2) is 25.1 Å². The van der Waals surface area contributed by atoms with Crippen molar-refractivity contribution in [3.05, 3.63) is 28.2 Å². The van der Waals surface area contributed by atoms with Gasteiger partial charge in [-0.2, -0.15) is 0 Å². The molecule has 0 aliphatic rings. The summed E-state index contributed by atoms with van der Waals surface area (Å²) in [5.74, 6) is 0.801. The van der Waals surface area contributed by atoms with E-state index in [2.05, 4.69) is 21.2 Å². The summed E-state index contributed by atoms with van der Waals surface area (Å²) in [4.78, 5) is 11.9. The van der Waals surface area contributed by atoms with Crippen molar-refractivity contribution >= 4 is 34.2 Å². The number of hydrogen-bond acceptors (Lipinski definition) is 3. The van der Waals surface area contributed by atoms with Crippen LogP contribution in [0.5, 0.6) is 5.75 Å². The molecule has 0 heterocycles. The smallest absolute Gasteiger partial charge is 0.260 e. The molecule has 2 unspecified atom stereocenters. The maximum absolute atomic E-state index is 11.9. The average Bonchev–Trinajstić information content (AvgIpc) is 2.38. The third-order valence-corrected chi connectivity index (χ3v) is 3.41. The summed E-state index contributed by atoms with van der Waals surface area (Å²) < 4.78 is 6.49. The molecular formula is C14H22BrClN2O2. The molecule has 3 N–H and O–H groups in total. The number of rotatable bonds is 6. The van der Waals surface area contributed by atoms with E-state index in [9.17, 15) is 4.79 Å². The molecule has 0 aromatic heterocycles. The number of hydrogen-bond donors (Lipinski definition) is 2. The fourth-order valence-electron chi connectivity index (χ4n) is 1.45. The van der Waals surface area contributed by atoms with Crippen LogP contribution in [0, 0.1) is 12.8 Å². The highest BCUT2D eigenvalue weighted by Crippen LogP contribution is 2.26. The van der Waals surface area contributed by atoms with Crippen molar-refractivity contribution in [3.63, 3.8) is 0 Å². The van der Waals surface area contributed by atoms with Gasteiger partial charge < -0.3 is 15.8 Å². The van der Waals surface area contributed by atoms with Gasteiger partial charge in [-0.25, -0.2) is 0 Å². The van der Waals surface area contributed by atoms with E-state index in [-0.39, 0.29) is 24.2 Å². The summed E-state index contributed by atoms with van der Waals surface area (Å²) in [5.41, 5.74) is 6.64. The third-order valence-electron chi connectivity index (χ3n) is 2.79. The van der Waals surface area contributed by atoms with Crippen LogP contribution in [-0.2, 0) is 4.79 Å². The molecule has 0 bridgehead atoms. The molecule has 0 fully saturated rings. The summed E-state index contributed by atoms with van der Waals surface area (Å²) >= 11 is 3.42. The highest BCUT2D eigenvalue weighted by molar-refractivity contribution is 9.10. The van der Waals surface area contributed by atoms with Crippen LogP contribution in [0.25, 0.3) is 0 Å². The van der Waals surface area contributed by atoms with Gasteiger partial charge in [0.25, 0.3) is 5.91 Å². The second kappa shape index (κ2) is 9.21. The lowest BCUT2D eigenvalue weighted by molar-refractivity contribution is -0.127. The van der Waals surface area contributed by atoms with Crippen molar-refractivity contribution in [1.82, 2.24) is 5.32 Å². The summed E-state index contributed by atoms with van der Waals surface area (Å²) in [5, 5.41) is 2.82. The average molecular weight is 366 g/mol. The van der Waals surface area contributed by atoms with Gasteiger partial charge in [0, 0.05) is 6.54 Å². The fraction of sp³-hybridized carbons (Fsp3) is 0.500. The van der Waals surface area contributed by atoms with E-state index in [0.717, 1.165) is 10.0 Å². The summed E-state index contributed by atoms with van der Waals surface area (Å²) in [6, 6.07) is 5.75. The molecule has 20 heavy (non-hydrogen) atoms. The predicted molar refractivity (Wildman–Crippen MR) is 87.4 cm³/mol. The molecule has 0 spiro atoms. The van der Waals surface area contributed by atoms with Crippen LogP contribution < -0.4 is 15.8 Å². The SMILES string of the molecule is Cc1ccc(OC(C)C(=O)NCC(C)CN)c(Br)c1.Cl. The molecule has 0 saturated heterocycles. The van der Waals surface area contributed by atoms with E-state index in [1.165, 1.54) is 0 Å². The van der Waals surface area contributed by atoms with E-state index < -0.39 is 6.10 Å². The van der Waals surface area contributed by atoms with Gasteiger partial charge in [0.15, 0.2) is 6.10 Å². The van der Waals surface area contributed by atoms with Crippen molar-refractivity contribution in [2.75, 3.05) is 13.1 Å². The minimum absolute atomic E-state index is 0. The topological polar surface area (TPSA) is 64.3 Å². The first-order chi connectivity index (χ1) is 8.93. The Balaban J connectivity index is 0.00000361. The molecule has 1 aromatic rings. The lowest BCUT2D eigenvalue weighted by Gasteiger charge is -2.17. The van der Waals surface area contributed by atoms with Gasteiger partial charge in [-0.3, -0.25) is 4.79 Å². The Bertz CT molecular complexity index is 443. The first-order valence-corrected chi connectivity index (χ1v) is 7.14. The second-order valence-corrected chi connectivity index (χ2v) is 5.63. The number of amides is 1. The zero-order chi connectivity index (χ0) is 14.4. The van der Waals surface area contributed by atoms with Crippen molar-refractivity contribution in [1.29, 1.82) is 0 Å². The third kappa shape index (κ3) is 6.11. The van der Waals surface area contributed by atoms with Gasteiger partial charge in [-0.1, -0.05) is 13.0 Å². The number of carbonyl (C=O) groups excluding carboxylic acids is 1. The van der Waals surface area contributed by atoms with E-state index >= 15 is 0 Å². The maximum Gasteiger partial charge on any atom is 0.260 e. The van der Waals surface area contributed by atoms with Crippen LogP contribution in [0.4, 0.5) is 0 Å². The highest BCUT2D eigenvalue weighted by Gasteiger charge is 2.16. The number of carbonyl (C=O) groups is 1. The number of nitrogens with one attached hydrogen (secondary N) is 1. The Morgan fingerprint density at radius 1 is 1.45 bits per heavy atom. The maximum atomic E-state index is 11.9. The Morgan fingerprint density at radius 2 is 2.10 bits per heavy atom. The van der Waals surface area contributed by atoms with Gasteiger partial charge >= 0.3 is 0 Å². The predicted octanol–water partition coefficient (Wildman–Crippen LogP) is 2.66.